The smallest absolute Gasteiger partial charge is 0.234 e. The van der Waals surface area contributed by atoms with Crippen molar-refractivity contribution in [1.82, 2.24) is 15.5 Å². The molecule has 6 heteroatoms. The zero-order chi connectivity index (χ0) is 14.4. The monoisotopic (exact) mass is 347 g/mol. The summed E-state index contributed by atoms with van der Waals surface area (Å²) in [7, 11) is 0. The molecule has 126 valence electrons. The summed E-state index contributed by atoms with van der Waals surface area (Å²) in [5.41, 5.74) is 1.18. The highest BCUT2D eigenvalue weighted by Gasteiger charge is 2.20. The van der Waals surface area contributed by atoms with Crippen molar-refractivity contribution in [2.45, 2.75) is 19.9 Å². The minimum absolute atomic E-state index is 0. The molecule has 4 nitrogen and oxygen atoms in total. The van der Waals surface area contributed by atoms with Gasteiger partial charge in [0.2, 0.25) is 5.91 Å². The Morgan fingerprint density at radius 1 is 1.18 bits per heavy atom. The molecule has 0 aliphatic carbocycles. The lowest BCUT2D eigenvalue weighted by atomic mass is 9.96. The highest BCUT2D eigenvalue weighted by Crippen LogP contribution is 2.21. The molecule has 1 atom stereocenters. The Balaban J connectivity index is 0.00000220. The molecule has 1 amide bonds. The summed E-state index contributed by atoms with van der Waals surface area (Å²) in [6.07, 6.45) is 0. The second-order valence-corrected chi connectivity index (χ2v) is 5.73. The molecular weight excluding hydrogens is 321 g/mol. The molecule has 1 aromatic rings. The number of amides is 1. The number of nitrogens with zero attached hydrogens (tertiary/aromatic N) is 1. The van der Waals surface area contributed by atoms with Gasteiger partial charge in [0.25, 0.3) is 0 Å². The summed E-state index contributed by atoms with van der Waals surface area (Å²) >= 11 is 0. The Hall–Kier alpha value is -0.810. The zero-order valence-corrected chi connectivity index (χ0v) is 14.9. The standard InChI is InChI=1S/C16H25N3O.2ClH/c1-13(2)16(14-6-4-3-5-7-14)18-15(20)12-19-10-8-17-9-11-19;;/h3-7,13,16-17H,8-12H2,1-2H3,(H,18,20);2*1H. The molecule has 0 bridgehead atoms. The first-order valence-corrected chi connectivity index (χ1v) is 7.44. The average Bonchev–Trinajstić information content (AvgIpc) is 2.46. The zero-order valence-electron chi connectivity index (χ0n) is 13.2. The third-order valence-electron chi connectivity index (χ3n) is 3.72. The summed E-state index contributed by atoms with van der Waals surface area (Å²) in [6.45, 7) is 8.62. The number of benzene rings is 1. The first-order valence-electron chi connectivity index (χ1n) is 7.44. The molecule has 0 saturated carbocycles. The Kier molecular flexibility index (Phi) is 10.4. The minimum Gasteiger partial charge on any atom is -0.348 e. The van der Waals surface area contributed by atoms with Crippen LogP contribution in [-0.2, 0) is 4.79 Å². The average molecular weight is 348 g/mol. The number of carbonyl (C=O) groups excluding carboxylic acids is 1. The van der Waals surface area contributed by atoms with E-state index in [2.05, 4.69) is 41.5 Å². The van der Waals surface area contributed by atoms with Crippen LogP contribution >= 0.6 is 24.8 Å². The van der Waals surface area contributed by atoms with Crippen LogP contribution in [0.4, 0.5) is 0 Å². The number of piperazine rings is 1. The SMILES string of the molecule is CC(C)C(NC(=O)CN1CCNCC1)c1ccccc1.Cl.Cl. The molecule has 1 unspecified atom stereocenters. The van der Waals surface area contributed by atoms with Gasteiger partial charge in [0, 0.05) is 26.2 Å². The normalized spacial score (nSPS) is 16.3. The van der Waals surface area contributed by atoms with Crippen LogP contribution in [0.1, 0.15) is 25.5 Å². The maximum Gasteiger partial charge on any atom is 0.234 e. The van der Waals surface area contributed by atoms with Crippen molar-refractivity contribution < 1.29 is 4.79 Å². The quantitative estimate of drug-likeness (QED) is 0.858. The predicted molar refractivity (Wildman–Crippen MR) is 96.0 cm³/mol. The van der Waals surface area contributed by atoms with Gasteiger partial charge < -0.3 is 10.6 Å². The number of nitrogens with one attached hydrogen (secondary N) is 2. The van der Waals surface area contributed by atoms with E-state index in [1.807, 2.05) is 18.2 Å². The molecule has 0 spiro atoms. The van der Waals surface area contributed by atoms with Gasteiger partial charge in [-0.05, 0) is 11.5 Å². The number of halogens is 2. The third-order valence-corrected chi connectivity index (χ3v) is 3.72. The van der Waals surface area contributed by atoms with Crippen LogP contribution in [0.15, 0.2) is 30.3 Å². The lowest BCUT2D eigenvalue weighted by Crippen LogP contribution is -2.48. The van der Waals surface area contributed by atoms with Crippen molar-refractivity contribution in [2.24, 2.45) is 5.92 Å². The number of hydrogen-bond acceptors (Lipinski definition) is 3. The van der Waals surface area contributed by atoms with Gasteiger partial charge in [0.05, 0.1) is 12.6 Å². The topological polar surface area (TPSA) is 44.4 Å². The van der Waals surface area contributed by atoms with Gasteiger partial charge in [-0.1, -0.05) is 44.2 Å². The maximum absolute atomic E-state index is 12.2. The van der Waals surface area contributed by atoms with E-state index in [1.165, 1.54) is 5.56 Å². The Morgan fingerprint density at radius 3 is 2.32 bits per heavy atom. The summed E-state index contributed by atoms with van der Waals surface area (Å²) in [5, 5.41) is 6.48. The van der Waals surface area contributed by atoms with E-state index in [0.29, 0.717) is 12.5 Å². The second kappa shape index (κ2) is 10.8. The first-order chi connectivity index (χ1) is 9.66. The van der Waals surface area contributed by atoms with Crippen molar-refractivity contribution in [3.63, 3.8) is 0 Å². The van der Waals surface area contributed by atoms with Crippen molar-refractivity contribution >= 4 is 30.7 Å². The van der Waals surface area contributed by atoms with Crippen LogP contribution < -0.4 is 10.6 Å². The van der Waals surface area contributed by atoms with E-state index < -0.39 is 0 Å². The van der Waals surface area contributed by atoms with Gasteiger partial charge in [-0.3, -0.25) is 9.69 Å². The molecule has 1 heterocycles. The Morgan fingerprint density at radius 2 is 1.77 bits per heavy atom. The largest absolute Gasteiger partial charge is 0.348 e. The maximum atomic E-state index is 12.2. The molecule has 2 N–H and O–H groups in total. The first kappa shape index (κ1) is 21.2. The lowest BCUT2D eigenvalue weighted by Gasteiger charge is -2.28. The van der Waals surface area contributed by atoms with E-state index in [1.54, 1.807) is 0 Å². The van der Waals surface area contributed by atoms with Crippen molar-refractivity contribution in [3.05, 3.63) is 35.9 Å². The minimum atomic E-state index is 0. The van der Waals surface area contributed by atoms with Crippen molar-refractivity contribution in [3.8, 4) is 0 Å². The van der Waals surface area contributed by atoms with E-state index in [9.17, 15) is 4.79 Å². The molecule has 0 radical (unpaired) electrons. The highest BCUT2D eigenvalue weighted by molar-refractivity contribution is 5.85. The van der Waals surface area contributed by atoms with Crippen LogP contribution in [0.2, 0.25) is 0 Å². The number of hydrogen-bond donors (Lipinski definition) is 2. The van der Waals surface area contributed by atoms with Crippen LogP contribution in [0.25, 0.3) is 0 Å². The molecular formula is C16H27Cl2N3O. The van der Waals surface area contributed by atoms with Gasteiger partial charge in [-0.15, -0.1) is 24.8 Å². The number of carbonyl (C=O) groups is 1. The summed E-state index contributed by atoms with van der Waals surface area (Å²) in [5.74, 6) is 0.499. The Labute approximate surface area is 145 Å². The highest BCUT2D eigenvalue weighted by atomic mass is 35.5. The molecule has 1 aliphatic rings. The third kappa shape index (κ3) is 6.53. The van der Waals surface area contributed by atoms with Gasteiger partial charge in [0.15, 0.2) is 0 Å². The van der Waals surface area contributed by atoms with E-state index in [-0.39, 0.29) is 36.8 Å². The molecule has 1 aromatic carbocycles. The fourth-order valence-corrected chi connectivity index (χ4v) is 2.59. The Bertz CT molecular complexity index is 423. The summed E-state index contributed by atoms with van der Waals surface area (Å²) < 4.78 is 0. The van der Waals surface area contributed by atoms with Crippen LogP contribution in [-0.4, -0.2) is 43.5 Å². The molecule has 0 aromatic heterocycles. The van der Waals surface area contributed by atoms with Crippen LogP contribution in [0.3, 0.4) is 0 Å². The fourth-order valence-electron chi connectivity index (χ4n) is 2.59. The molecule has 2 rings (SSSR count). The number of rotatable bonds is 5. The van der Waals surface area contributed by atoms with Crippen LogP contribution in [0.5, 0.6) is 0 Å². The van der Waals surface area contributed by atoms with Crippen molar-refractivity contribution in [2.75, 3.05) is 32.7 Å². The molecule has 1 saturated heterocycles. The fraction of sp³-hybridized carbons (Fsp3) is 0.562. The summed E-state index contributed by atoms with van der Waals surface area (Å²) in [6, 6.07) is 10.3. The van der Waals surface area contributed by atoms with E-state index >= 15 is 0 Å². The van der Waals surface area contributed by atoms with Gasteiger partial charge in [-0.25, -0.2) is 0 Å². The van der Waals surface area contributed by atoms with Gasteiger partial charge >= 0.3 is 0 Å². The molecule has 1 fully saturated rings. The molecule has 1 aliphatic heterocycles. The van der Waals surface area contributed by atoms with E-state index in [0.717, 1.165) is 26.2 Å². The predicted octanol–water partition coefficient (Wildman–Crippen LogP) is 2.25. The van der Waals surface area contributed by atoms with Gasteiger partial charge in [-0.2, -0.15) is 0 Å². The van der Waals surface area contributed by atoms with Crippen molar-refractivity contribution in [1.29, 1.82) is 0 Å². The van der Waals surface area contributed by atoms with E-state index in [4.69, 9.17) is 0 Å². The second-order valence-electron chi connectivity index (χ2n) is 5.73. The van der Waals surface area contributed by atoms with Gasteiger partial charge in [0.1, 0.15) is 0 Å². The molecule has 22 heavy (non-hydrogen) atoms. The summed E-state index contributed by atoms with van der Waals surface area (Å²) in [4.78, 5) is 14.4. The lowest BCUT2D eigenvalue weighted by molar-refractivity contribution is -0.123. The van der Waals surface area contributed by atoms with Crippen LogP contribution in [0, 0.1) is 5.92 Å².